The Labute approximate surface area is 126 Å². The second-order valence-electron chi connectivity index (χ2n) is 4.83. The average molecular weight is 331 g/mol. The number of fused-ring (bicyclic) bond motifs is 1. The maximum Gasteiger partial charge on any atom is 0.144 e. The van der Waals surface area contributed by atoms with Crippen LogP contribution in [0.5, 0.6) is 5.75 Å². The van der Waals surface area contributed by atoms with Gasteiger partial charge in [0, 0.05) is 11.5 Å². The molecule has 0 N–H and O–H groups in total. The Morgan fingerprint density at radius 3 is 2.70 bits per heavy atom. The van der Waals surface area contributed by atoms with Crippen molar-refractivity contribution in [2.24, 2.45) is 7.05 Å². The third-order valence-electron chi connectivity index (χ3n) is 3.44. The van der Waals surface area contributed by atoms with Gasteiger partial charge in [0.1, 0.15) is 11.6 Å². The maximum atomic E-state index is 5.46. The summed E-state index contributed by atoms with van der Waals surface area (Å²) in [6.07, 6.45) is 0. The average Bonchev–Trinajstić information content (AvgIpc) is 2.75. The molecule has 3 nitrogen and oxygen atoms in total. The highest BCUT2D eigenvalue weighted by Crippen LogP contribution is 2.33. The Kier molecular flexibility index (Phi) is 3.26. The zero-order valence-corrected chi connectivity index (χ0v) is 13.2. The predicted molar refractivity (Wildman–Crippen MR) is 85.1 cm³/mol. The van der Waals surface area contributed by atoms with Gasteiger partial charge in [-0.05, 0) is 42.8 Å². The molecule has 0 amide bonds. The van der Waals surface area contributed by atoms with E-state index in [9.17, 15) is 0 Å². The Morgan fingerprint density at radius 2 is 1.95 bits per heavy atom. The summed E-state index contributed by atoms with van der Waals surface area (Å²) < 4.78 is 8.56. The molecule has 20 heavy (non-hydrogen) atoms. The molecule has 0 aliphatic carbocycles. The molecule has 0 fully saturated rings. The summed E-state index contributed by atoms with van der Waals surface area (Å²) >= 11 is 3.51. The van der Waals surface area contributed by atoms with Crippen molar-refractivity contribution in [3.63, 3.8) is 0 Å². The van der Waals surface area contributed by atoms with Crippen LogP contribution in [0, 0.1) is 6.92 Å². The van der Waals surface area contributed by atoms with Crippen molar-refractivity contribution in [2.75, 3.05) is 7.11 Å². The van der Waals surface area contributed by atoms with Crippen molar-refractivity contribution < 1.29 is 4.74 Å². The van der Waals surface area contributed by atoms with Gasteiger partial charge in [-0.2, -0.15) is 0 Å². The van der Waals surface area contributed by atoms with E-state index in [-0.39, 0.29) is 0 Å². The SMILES string of the molecule is COc1ccc(Br)cc1-c1nc2cc(C)ccc2n1C. The summed E-state index contributed by atoms with van der Waals surface area (Å²) in [7, 11) is 3.71. The van der Waals surface area contributed by atoms with Gasteiger partial charge in [0.15, 0.2) is 0 Å². The first-order valence-corrected chi connectivity index (χ1v) is 7.16. The zero-order chi connectivity index (χ0) is 14.3. The lowest BCUT2D eigenvalue weighted by molar-refractivity contribution is 0.416. The van der Waals surface area contributed by atoms with Gasteiger partial charge in [-0.25, -0.2) is 4.98 Å². The fourth-order valence-electron chi connectivity index (χ4n) is 2.41. The van der Waals surface area contributed by atoms with E-state index in [4.69, 9.17) is 9.72 Å². The minimum Gasteiger partial charge on any atom is -0.496 e. The number of ether oxygens (including phenoxy) is 1. The third kappa shape index (κ3) is 2.10. The van der Waals surface area contributed by atoms with E-state index in [1.54, 1.807) is 7.11 Å². The summed E-state index contributed by atoms with van der Waals surface area (Å²) in [4.78, 5) is 4.76. The molecule has 0 unspecified atom stereocenters. The van der Waals surface area contributed by atoms with Crippen LogP contribution in [0.15, 0.2) is 40.9 Å². The molecule has 0 radical (unpaired) electrons. The topological polar surface area (TPSA) is 27.1 Å². The van der Waals surface area contributed by atoms with Crippen molar-refractivity contribution in [1.29, 1.82) is 0 Å². The molecular weight excluding hydrogens is 316 g/mol. The maximum absolute atomic E-state index is 5.46. The highest BCUT2D eigenvalue weighted by atomic mass is 79.9. The van der Waals surface area contributed by atoms with E-state index >= 15 is 0 Å². The van der Waals surface area contributed by atoms with E-state index in [1.807, 2.05) is 25.2 Å². The molecule has 1 heterocycles. The van der Waals surface area contributed by atoms with Crippen molar-refractivity contribution in [3.05, 3.63) is 46.4 Å². The number of imidazole rings is 1. The Morgan fingerprint density at radius 1 is 1.15 bits per heavy atom. The number of halogens is 1. The van der Waals surface area contributed by atoms with Crippen LogP contribution in [0.1, 0.15) is 5.56 Å². The van der Waals surface area contributed by atoms with Gasteiger partial charge in [-0.3, -0.25) is 0 Å². The monoisotopic (exact) mass is 330 g/mol. The van der Waals surface area contributed by atoms with E-state index in [2.05, 4.69) is 45.6 Å². The lowest BCUT2D eigenvalue weighted by atomic mass is 10.2. The fraction of sp³-hybridized carbons (Fsp3) is 0.188. The van der Waals surface area contributed by atoms with E-state index in [0.29, 0.717) is 0 Å². The van der Waals surface area contributed by atoms with Crippen molar-refractivity contribution >= 4 is 27.0 Å². The van der Waals surface area contributed by atoms with E-state index in [0.717, 1.165) is 32.6 Å². The third-order valence-corrected chi connectivity index (χ3v) is 3.93. The van der Waals surface area contributed by atoms with Gasteiger partial charge in [-0.15, -0.1) is 0 Å². The summed E-state index contributed by atoms with van der Waals surface area (Å²) in [6.45, 7) is 2.08. The smallest absolute Gasteiger partial charge is 0.144 e. The standard InChI is InChI=1S/C16H15BrN2O/c1-10-4-6-14-13(8-10)18-16(19(14)2)12-9-11(17)5-7-15(12)20-3/h4-9H,1-3H3. The number of rotatable bonds is 2. The first-order chi connectivity index (χ1) is 9.60. The van der Waals surface area contributed by atoms with E-state index < -0.39 is 0 Å². The largest absolute Gasteiger partial charge is 0.496 e. The summed E-state index contributed by atoms with van der Waals surface area (Å²) in [6, 6.07) is 12.3. The van der Waals surface area contributed by atoms with Gasteiger partial charge in [0.2, 0.25) is 0 Å². The number of aryl methyl sites for hydroxylation is 2. The number of aromatic nitrogens is 2. The number of benzene rings is 2. The lowest BCUT2D eigenvalue weighted by Crippen LogP contribution is -1.95. The summed E-state index contributed by atoms with van der Waals surface area (Å²) in [5, 5.41) is 0. The van der Waals surface area contributed by atoms with Crippen molar-refractivity contribution in [2.45, 2.75) is 6.92 Å². The number of methoxy groups -OCH3 is 1. The molecule has 0 atom stereocenters. The minimum absolute atomic E-state index is 0.823. The molecule has 0 saturated carbocycles. The second-order valence-corrected chi connectivity index (χ2v) is 5.75. The normalized spacial score (nSPS) is 11.0. The van der Waals surface area contributed by atoms with Crippen LogP contribution in [0.3, 0.4) is 0 Å². The fourth-order valence-corrected chi connectivity index (χ4v) is 2.77. The van der Waals surface area contributed by atoms with Crippen LogP contribution >= 0.6 is 15.9 Å². The molecule has 0 aliphatic heterocycles. The van der Waals surface area contributed by atoms with Crippen LogP contribution in [-0.2, 0) is 7.05 Å². The first-order valence-electron chi connectivity index (χ1n) is 6.37. The van der Waals surface area contributed by atoms with Crippen molar-refractivity contribution in [3.8, 4) is 17.1 Å². The Balaban J connectivity index is 2.29. The molecule has 0 saturated heterocycles. The molecule has 102 valence electrons. The van der Waals surface area contributed by atoms with Crippen molar-refractivity contribution in [1.82, 2.24) is 9.55 Å². The molecule has 1 aromatic heterocycles. The zero-order valence-electron chi connectivity index (χ0n) is 11.6. The van der Waals surface area contributed by atoms with Crippen LogP contribution in [0.25, 0.3) is 22.4 Å². The lowest BCUT2D eigenvalue weighted by Gasteiger charge is -2.09. The molecule has 3 rings (SSSR count). The first kappa shape index (κ1) is 13.2. The Bertz CT molecular complexity index is 793. The quantitative estimate of drug-likeness (QED) is 0.699. The van der Waals surface area contributed by atoms with Crippen LogP contribution in [0.2, 0.25) is 0 Å². The predicted octanol–water partition coefficient (Wildman–Crippen LogP) is 4.32. The van der Waals surface area contributed by atoms with Crippen LogP contribution < -0.4 is 4.74 Å². The number of nitrogens with zero attached hydrogens (tertiary/aromatic N) is 2. The second kappa shape index (κ2) is 4.94. The Hall–Kier alpha value is -1.81. The molecule has 2 aromatic carbocycles. The van der Waals surface area contributed by atoms with Gasteiger partial charge in [0.05, 0.1) is 23.7 Å². The highest BCUT2D eigenvalue weighted by molar-refractivity contribution is 9.10. The minimum atomic E-state index is 0.823. The molecular formula is C16H15BrN2O. The highest BCUT2D eigenvalue weighted by Gasteiger charge is 2.14. The van der Waals surface area contributed by atoms with Crippen LogP contribution in [-0.4, -0.2) is 16.7 Å². The van der Waals surface area contributed by atoms with E-state index in [1.165, 1.54) is 5.56 Å². The summed E-state index contributed by atoms with van der Waals surface area (Å²) in [5.74, 6) is 1.73. The summed E-state index contributed by atoms with van der Waals surface area (Å²) in [5.41, 5.74) is 4.32. The number of hydrogen-bond acceptors (Lipinski definition) is 2. The molecule has 0 bridgehead atoms. The number of hydrogen-bond donors (Lipinski definition) is 0. The van der Waals surface area contributed by atoms with Gasteiger partial charge >= 0.3 is 0 Å². The molecule has 3 aromatic rings. The molecule has 0 aliphatic rings. The molecule has 4 heteroatoms. The molecule has 0 spiro atoms. The van der Waals surface area contributed by atoms with Gasteiger partial charge in [-0.1, -0.05) is 22.0 Å². The van der Waals surface area contributed by atoms with Gasteiger partial charge < -0.3 is 9.30 Å². The van der Waals surface area contributed by atoms with Crippen LogP contribution in [0.4, 0.5) is 0 Å². The van der Waals surface area contributed by atoms with Gasteiger partial charge in [0.25, 0.3) is 0 Å².